The molecular weight excluding hydrogens is 309 g/mol. The molecule has 0 spiro atoms. The number of aromatic nitrogens is 2. The van der Waals surface area contributed by atoms with Gasteiger partial charge in [0, 0.05) is 25.4 Å². The van der Waals surface area contributed by atoms with Crippen LogP contribution in [0.25, 0.3) is 5.65 Å². The maximum absolute atomic E-state index is 13.1. The molecule has 7 heteroatoms. The van der Waals surface area contributed by atoms with Gasteiger partial charge < -0.3 is 15.0 Å². The minimum Gasteiger partial charge on any atom is -0.337 e. The van der Waals surface area contributed by atoms with Crippen LogP contribution >= 0.6 is 0 Å². The van der Waals surface area contributed by atoms with E-state index in [1.165, 1.54) is 12.1 Å². The number of urea groups is 1. The van der Waals surface area contributed by atoms with E-state index in [1.807, 2.05) is 41.1 Å². The number of nitriles is 1. The lowest BCUT2D eigenvalue weighted by atomic mass is 10.2. The third-order valence-electron chi connectivity index (χ3n) is 3.43. The SMILES string of the molecule is N#Cc1cc(F)ccc1NC(=O)NCCc1cn2ccccc2n1. The van der Waals surface area contributed by atoms with E-state index >= 15 is 0 Å². The maximum atomic E-state index is 13.1. The quantitative estimate of drug-likeness (QED) is 0.774. The average molecular weight is 323 g/mol. The lowest BCUT2D eigenvalue weighted by Crippen LogP contribution is -2.30. The van der Waals surface area contributed by atoms with E-state index in [4.69, 9.17) is 5.26 Å². The molecule has 0 atom stereocenters. The summed E-state index contributed by atoms with van der Waals surface area (Å²) in [6, 6.07) is 10.7. The van der Waals surface area contributed by atoms with Crippen molar-refractivity contribution in [1.29, 1.82) is 5.26 Å². The first-order valence-corrected chi connectivity index (χ1v) is 7.33. The van der Waals surface area contributed by atoms with Crippen LogP contribution < -0.4 is 10.6 Å². The number of imidazole rings is 1. The molecule has 120 valence electrons. The standard InChI is InChI=1S/C17H14FN5O/c18-13-4-5-15(12(9-13)10-19)22-17(24)20-7-6-14-11-23-8-2-1-3-16(23)21-14/h1-5,8-9,11H,6-7H2,(H2,20,22,24). The van der Waals surface area contributed by atoms with Crippen molar-refractivity contribution in [2.75, 3.05) is 11.9 Å². The summed E-state index contributed by atoms with van der Waals surface area (Å²) in [6.45, 7) is 0.388. The molecule has 0 saturated carbocycles. The Morgan fingerprint density at radius 2 is 2.21 bits per heavy atom. The number of nitrogens with zero attached hydrogens (tertiary/aromatic N) is 3. The molecule has 0 bridgehead atoms. The molecule has 0 saturated heterocycles. The molecule has 24 heavy (non-hydrogen) atoms. The topological polar surface area (TPSA) is 82.2 Å². The summed E-state index contributed by atoms with van der Waals surface area (Å²) >= 11 is 0. The van der Waals surface area contributed by atoms with Crippen molar-refractivity contribution in [2.45, 2.75) is 6.42 Å². The first-order chi connectivity index (χ1) is 11.7. The third-order valence-corrected chi connectivity index (χ3v) is 3.43. The minimum atomic E-state index is -0.524. The van der Waals surface area contributed by atoms with Crippen LogP contribution in [-0.2, 0) is 6.42 Å². The Morgan fingerprint density at radius 1 is 1.33 bits per heavy atom. The van der Waals surface area contributed by atoms with Gasteiger partial charge in [-0.05, 0) is 30.3 Å². The van der Waals surface area contributed by atoms with Crippen LogP contribution in [0, 0.1) is 17.1 Å². The van der Waals surface area contributed by atoms with Gasteiger partial charge in [0.1, 0.15) is 17.5 Å². The highest BCUT2D eigenvalue weighted by atomic mass is 19.1. The number of pyridine rings is 1. The molecule has 3 aromatic rings. The summed E-state index contributed by atoms with van der Waals surface area (Å²) in [6.07, 6.45) is 4.39. The van der Waals surface area contributed by atoms with Crippen LogP contribution in [0.5, 0.6) is 0 Å². The molecule has 0 fully saturated rings. The third kappa shape index (κ3) is 3.50. The molecule has 0 aliphatic rings. The normalized spacial score (nSPS) is 10.3. The summed E-state index contributed by atoms with van der Waals surface area (Å²) < 4.78 is 15.0. The number of nitrogens with one attached hydrogen (secondary N) is 2. The van der Waals surface area contributed by atoms with Gasteiger partial charge >= 0.3 is 6.03 Å². The summed E-state index contributed by atoms with van der Waals surface area (Å²) in [7, 11) is 0. The summed E-state index contributed by atoms with van der Waals surface area (Å²) in [5.41, 5.74) is 2.05. The number of halogens is 1. The van der Waals surface area contributed by atoms with E-state index in [0.29, 0.717) is 13.0 Å². The van der Waals surface area contributed by atoms with Gasteiger partial charge in [0.2, 0.25) is 0 Å². The molecule has 0 aliphatic heterocycles. The zero-order valence-corrected chi connectivity index (χ0v) is 12.7. The number of carbonyl (C=O) groups is 1. The number of benzene rings is 1. The molecule has 0 radical (unpaired) electrons. The van der Waals surface area contributed by atoms with Crippen LogP contribution in [0.1, 0.15) is 11.3 Å². The first-order valence-electron chi connectivity index (χ1n) is 7.33. The lowest BCUT2D eigenvalue weighted by Gasteiger charge is -2.08. The maximum Gasteiger partial charge on any atom is 0.319 e. The van der Waals surface area contributed by atoms with E-state index in [1.54, 1.807) is 0 Å². The molecule has 0 unspecified atom stereocenters. The average Bonchev–Trinajstić information content (AvgIpc) is 2.99. The van der Waals surface area contributed by atoms with Gasteiger partial charge in [0.05, 0.1) is 16.9 Å². The summed E-state index contributed by atoms with van der Waals surface area (Å²) in [5, 5.41) is 14.2. The van der Waals surface area contributed by atoms with E-state index in [2.05, 4.69) is 15.6 Å². The number of fused-ring (bicyclic) bond motifs is 1. The van der Waals surface area contributed by atoms with E-state index in [9.17, 15) is 9.18 Å². The monoisotopic (exact) mass is 323 g/mol. The number of anilines is 1. The van der Waals surface area contributed by atoms with Gasteiger partial charge in [0.15, 0.2) is 0 Å². The second kappa shape index (κ2) is 6.79. The van der Waals surface area contributed by atoms with Crippen LogP contribution in [0.2, 0.25) is 0 Å². The second-order valence-electron chi connectivity index (χ2n) is 5.13. The van der Waals surface area contributed by atoms with Crippen molar-refractivity contribution < 1.29 is 9.18 Å². The van der Waals surface area contributed by atoms with Crippen LogP contribution in [0.15, 0.2) is 48.8 Å². The van der Waals surface area contributed by atoms with Gasteiger partial charge in [-0.1, -0.05) is 6.07 Å². The zero-order chi connectivity index (χ0) is 16.9. The van der Waals surface area contributed by atoms with E-state index < -0.39 is 11.8 Å². The van der Waals surface area contributed by atoms with Crippen molar-refractivity contribution in [2.24, 2.45) is 0 Å². The molecule has 3 rings (SSSR count). The smallest absolute Gasteiger partial charge is 0.319 e. The van der Waals surface area contributed by atoms with E-state index in [0.717, 1.165) is 17.4 Å². The highest BCUT2D eigenvalue weighted by Gasteiger charge is 2.08. The minimum absolute atomic E-state index is 0.0745. The molecule has 0 aliphatic carbocycles. The van der Waals surface area contributed by atoms with Gasteiger partial charge in [-0.25, -0.2) is 14.2 Å². The van der Waals surface area contributed by atoms with Crippen molar-refractivity contribution >= 4 is 17.4 Å². The Morgan fingerprint density at radius 3 is 3.00 bits per heavy atom. The second-order valence-corrected chi connectivity index (χ2v) is 5.13. The Labute approximate surface area is 137 Å². The van der Waals surface area contributed by atoms with Crippen molar-refractivity contribution in [3.63, 3.8) is 0 Å². The Bertz CT molecular complexity index is 895. The summed E-state index contributed by atoms with van der Waals surface area (Å²) in [5.74, 6) is -0.524. The fourth-order valence-electron chi connectivity index (χ4n) is 2.30. The fourth-order valence-corrected chi connectivity index (χ4v) is 2.30. The van der Waals surface area contributed by atoms with E-state index in [-0.39, 0.29) is 11.3 Å². The Kier molecular flexibility index (Phi) is 4.38. The number of hydrogen-bond acceptors (Lipinski definition) is 3. The Balaban J connectivity index is 1.55. The van der Waals surface area contributed by atoms with Crippen LogP contribution in [-0.4, -0.2) is 22.0 Å². The number of carbonyl (C=O) groups excluding carboxylic acids is 1. The molecule has 6 nitrogen and oxygen atoms in total. The van der Waals surface area contributed by atoms with Crippen LogP contribution in [0.4, 0.5) is 14.9 Å². The first kappa shape index (κ1) is 15.5. The molecule has 2 aromatic heterocycles. The molecule has 1 aromatic carbocycles. The highest BCUT2D eigenvalue weighted by Crippen LogP contribution is 2.15. The highest BCUT2D eigenvalue weighted by molar-refractivity contribution is 5.90. The molecule has 2 amide bonds. The molecule has 2 N–H and O–H groups in total. The van der Waals surface area contributed by atoms with Gasteiger partial charge in [-0.15, -0.1) is 0 Å². The number of hydrogen-bond donors (Lipinski definition) is 2. The predicted octanol–water partition coefficient (Wildman–Crippen LogP) is 2.71. The lowest BCUT2D eigenvalue weighted by molar-refractivity contribution is 0.252. The van der Waals surface area contributed by atoms with Gasteiger partial charge in [-0.3, -0.25) is 0 Å². The van der Waals surface area contributed by atoms with Crippen molar-refractivity contribution in [1.82, 2.24) is 14.7 Å². The molecule has 2 heterocycles. The van der Waals surface area contributed by atoms with Crippen molar-refractivity contribution in [3.8, 4) is 6.07 Å². The predicted molar refractivity (Wildman–Crippen MR) is 87.0 cm³/mol. The van der Waals surface area contributed by atoms with Gasteiger partial charge in [-0.2, -0.15) is 5.26 Å². The van der Waals surface area contributed by atoms with Crippen molar-refractivity contribution in [3.05, 3.63) is 65.9 Å². The van der Waals surface area contributed by atoms with Gasteiger partial charge in [0.25, 0.3) is 0 Å². The Hall–Kier alpha value is -3.40. The number of rotatable bonds is 4. The zero-order valence-electron chi connectivity index (χ0n) is 12.7. The van der Waals surface area contributed by atoms with Crippen LogP contribution in [0.3, 0.4) is 0 Å². The summed E-state index contributed by atoms with van der Waals surface area (Å²) in [4.78, 5) is 16.3. The molecular formula is C17H14FN5O. The fraction of sp³-hybridized carbons (Fsp3) is 0.118. The largest absolute Gasteiger partial charge is 0.337 e. The number of amides is 2.